The van der Waals surface area contributed by atoms with Crippen molar-refractivity contribution in [2.24, 2.45) is 0 Å². The van der Waals surface area contributed by atoms with Crippen LogP contribution in [0.3, 0.4) is 0 Å². The predicted octanol–water partition coefficient (Wildman–Crippen LogP) is 1.70. The van der Waals surface area contributed by atoms with Crippen molar-refractivity contribution in [1.82, 2.24) is 5.32 Å². The van der Waals surface area contributed by atoms with E-state index in [4.69, 9.17) is 5.11 Å². The van der Waals surface area contributed by atoms with Gasteiger partial charge in [0.05, 0.1) is 6.61 Å². The molecule has 2 atom stereocenters. The van der Waals surface area contributed by atoms with Crippen LogP contribution in [-0.2, 0) is 4.74 Å². The van der Waals surface area contributed by atoms with E-state index in [2.05, 4.69) is 10.1 Å². The molecule has 0 aliphatic rings. The summed E-state index contributed by atoms with van der Waals surface area (Å²) in [5.41, 5.74) is 0. The molecule has 98 valence electrons. The number of hydrogen-bond acceptors (Lipinski definition) is 3. The van der Waals surface area contributed by atoms with Crippen LogP contribution in [-0.4, -0.2) is 42.7 Å². The van der Waals surface area contributed by atoms with E-state index in [1.807, 2.05) is 13.8 Å². The van der Waals surface area contributed by atoms with E-state index >= 15 is 0 Å². The maximum atomic E-state index is 12.1. The van der Waals surface area contributed by atoms with Gasteiger partial charge in [-0.05, 0) is 13.3 Å². The fraction of sp³-hybridized carbons (Fsp3) is 1.00. The number of aliphatic hydroxyl groups is 1. The number of halogens is 3. The third-order valence-electron chi connectivity index (χ3n) is 2.08. The van der Waals surface area contributed by atoms with E-state index in [1.54, 1.807) is 0 Å². The number of alkyl halides is 3. The van der Waals surface area contributed by atoms with E-state index in [9.17, 15) is 13.2 Å². The van der Waals surface area contributed by atoms with E-state index in [0.29, 0.717) is 6.42 Å². The van der Waals surface area contributed by atoms with Crippen LogP contribution in [0, 0.1) is 0 Å². The van der Waals surface area contributed by atoms with Crippen LogP contribution in [0.5, 0.6) is 0 Å². The molecule has 0 amide bonds. The molecule has 0 bridgehead atoms. The molecular weight excluding hydrogens is 223 g/mol. The smallest absolute Gasteiger partial charge is 0.395 e. The fourth-order valence-corrected chi connectivity index (χ4v) is 1.18. The van der Waals surface area contributed by atoms with Crippen molar-refractivity contribution in [3.05, 3.63) is 0 Å². The molecule has 0 saturated heterocycles. The lowest BCUT2D eigenvalue weighted by Crippen LogP contribution is -2.39. The molecule has 0 radical (unpaired) electrons. The van der Waals surface area contributed by atoms with Gasteiger partial charge in [-0.1, -0.05) is 13.8 Å². The lowest BCUT2D eigenvalue weighted by molar-refractivity contribution is -0.214. The Morgan fingerprint density at radius 2 is 1.81 bits per heavy atom. The van der Waals surface area contributed by atoms with Crippen molar-refractivity contribution in [3.63, 3.8) is 0 Å². The average Bonchev–Trinajstić information content (AvgIpc) is 2.13. The highest BCUT2D eigenvalue weighted by Crippen LogP contribution is 2.22. The number of ether oxygens (including phenoxy) is 1. The average molecular weight is 243 g/mol. The second kappa shape index (κ2) is 7.09. The number of aliphatic hydroxyl groups excluding tert-OH is 1. The molecule has 0 aliphatic heterocycles. The van der Waals surface area contributed by atoms with E-state index in [-0.39, 0.29) is 25.3 Å². The topological polar surface area (TPSA) is 41.5 Å². The summed E-state index contributed by atoms with van der Waals surface area (Å²) >= 11 is 0. The van der Waals surface area contributed by atoms with Gasteiger partial charge in [-0.25, -0.2) is 0 Å². The molecule has 0 aromatic rings. The third kappa shape index (κ3) is 7.03. The second-order valence-corrected chi connectivity index (χ2v) is 4.04. The quantitative estimate of drug-likeness (QED) is 0.715. The van der Waals surface area contributed by atoms with Crippen LogP contribution in [0.25, 0.3) is 0 Å². The standard InChI is InChI=1S/C10H20F3NO2/c1-7(2)14-9(6-15)4-5-16-8(3)10(11,12)13/h7-9,14-15H,4-6H2,1-3H3. The molecule has 3 nitrogen and oxygen atoms in total. The minimum absolute atomic E-state index is 0.0222. The van der Waals surface area contributed by atoms with Gasteiger partial charge in [-0.2, -0.15) is 13.2 Å². The molecule has 0 aromatic heterocycles. The van der Waals surface area contributed by atoms with Crippen molar-refractivity contribution in [2.45, 2.75) is 51.6 Å². The highest BCUT2D eigenvalue weighted by atomic mass is 19.4. The molecule has 0 heterocycles. The first-order valence-corrected chi connectivity index (χ1v) is 5.32. The SMILES string of the molecule is CC(C)NC(CO)CCOC(C)C(F)(F)F. The van der Waals surface area contributed by atoms with E-state index in [1.165, 1.54) is 0 Å². The van der Waals surface area contributed by atoms with Crippen molar-refractivity contribution < 1.29 is 23.0 Å². The normalized spacial score (nSPS) is 16.5. The molecule has 2 N–H and O–H groups in total. The lowest BCUT2D eigenvalue weighted by Gasteiger charge is -2.21. The predicted molar refractivity (Wildman–Crippen MR) is 55.2 cm³/mol. The summed E-state index contributed by atoms with van der Waals surface area (Å²) in [5.74, 6) is 0. The summed E-state index contributed by atoms with van der Waals surface area (Å²) in [6.07, 6.45) is -5.72. The van der Waals surface area contributed by atoms with Gasteiger partial charge >= 0.3 is 6.18 Å². The Labute approximate surface area is 94.0 Å². The van der Waals surface area contributed by atoms with Crippen LogP contribution >= 0.6 is 0 Å². The fourth-order valence-electron chi connectivity index (χ4n) is 1.18. The van der Waals surface area contributed by atoms with Crippen LogP contribution in [0.4, 0.5) is 13.2 Å². The maximum Gasteiger partial charge on any atom is 0.414 e. The number of hydrogen-bond donors (Lipinski definition) is 2. The Kier molecular flexibility index (Phi) is 6.94. The van der Waals surface area contributed by atoms with Gasteiger partial charge in [0.15, 0.2) is 6.10 Å². The Hall–Kier alpha value is -0.330. The summed E-state index contributed by atoms with van der Waals surface area (Å²) in [6.45, 7) is 4.65. The Morgan fingerprint density at radius 1 is 1.25 bits per heavy atom. The van der Waals surface area contributed by atoms with Crippen molar-refractivity contribution in [1.29, 1.82) is 0 Å². The summed E-state index contributed by atoms with van der Waals surface area (Å²) in [6, 6.07) is -0.0439. The van der Waals surface area contributed by atoms with Gasteiger partial charge < -0.3 is 15.2 Å². The summed E-state index contributed by atoms with van der Waals surface area (Å²) in [4.78, 5) is 0. The van der Waals surface area contributed by atoms with E-state index < -0.39 is 12.3 Å². The van der Waals surface area contributed by atoms with Gasteiger partial charge in [0.1, 0.15) is 0 Å². The molecular formula is C10H20F3NO2. The first kappa shape index (κ1) is 15.7. The Morgan fingerprint density at radius 3 is 2.19 bits per heavy atom. The molecule has 0 saturated carbocycles. The minimum atomic E-state index is -4.32. The van der Waals surface area contributed by atoms with Crippen LogP contribution < -0.4 is 5.32 Å². The Balaban J connectivity index is 3.78. The van der Waals surface area contributed by atoms with Crippen LogP contribution in [0.2, 0.25) is 0 Å². The molecule has 2 unspecified atom stereocenters. The molecule has 6 heteroatoms. The first-order chi connectivity index (χ1) is 7.27. The highest BCUT2D eigenvalue weighted by molar-refractivity contribution is 4.68. The lowest BCUT2D eigenvalue weighted by atomic mass is 10.2. The molecule has 0 rings (SSSR count). The molecule has 0 aliphatic carbocycles. The summed E-state index contributed by atoms with van der Waals surface area (Å²) < 4.78 is 40.9. The van der Waals surface area contributed by atoms with Gasteiger partial charge in [-0.15, -0.1) is 0 Å². The van der Waals surface area contributed by atoms with Crippen molar-refractivity contribution in [2.75, 3.05) is 13.2 Å². The summed E-state index contributed by atoms with van der Waals surface area (Å²) in [7, 11) is 0. The van der Waals surface area contributed by atoms with Gasteiger partial charge in [0.2, 0.25) is 0 Å². The van der Waals surface area contributed by atoms with Gasteiger partial charge in [0.25, 0.3) is 0 Å². The van der Waals surface area contributed by atoms with Crippen LogP contribution in [0.1, 0.15) is 27.2 Å². The molecule has 0 aromatic carbocycles. The molecule has 0 fully saturated rings. The van der Waals surface area contributed by atoms with Crippen LogP contribution in [0.15, 0.2) is 0 Å². The Bertz CT molecular complexity index is 185. The zero-order chi connectivity index (χ0) is 12.8. The first-order valence-electron chi connectivity index (χ1n) is 5.32. The maximum absolute atomic E-state index is 12.1. The number of nitrogens with one attached hydrogen (secondary N) is 1. The monoisotopic (exact) mass is 243 g/mol. The molecule has 16 heavy (non-hydrogen) atoms. The van der Waals surface area contributed by atoms with Gasteiger partial charge in [-0.3, -0.25) is 0 Å². The second-order valence-electron chi connectivity index (χ2n) is 4.04. The third-order valence-corrected chi connectivity index (χ3v) is 2.08. The number of rotatable bonds is 7. The van der Waals surface area contributed by atoms with E-state index in [0.717, 1.165) is 6.92 Å². The van der Waals surface area contributed by atoms with Gasteiger partial charge in [0, 0.05) is 18.7 Å². The minimum Gasteiger partial charge on any atom is -0.395 e. The van der Waals surface area contributed by atoms with Crippen molar-refractivity contribution >= 4 is 0 Å². The van der Waals surface area contributed by atoms with Crippen molar-refractivity contribution in [3.8, 4) is 0 Å². The highest BCUT2D eigenvalue weighted by Gasteiger charge is 2.36. The zero-order valence-corrected chi connectivity index (χ0v) is 9.84. The summed E-state index contributed by atoms with van der Waals surface area (Å²) in [5, 5.41) is 12.0. The largest absolute Gasteiger partial charge is 0.414 e. The zero-order valence-electron chi connectivity index (χ0n) is 9.84. The molecule has 0 spiro atoms.